The van der Waals surface area contributed by atoms with Crippen LogP contribution in [-0.4, -0.2) is 27.3 Å². The maximum absolute atomic E-state index is 12.2. The molecule has 0 radical (unpaired) electrons. The van der Waals surface area contributed by atoms with E-state index in [2.05, 4.69) is 12.2 Å². The van der Waals surface area contributed by atoms with Gasteiger partial charge in [0.1, 0.15) is 0 Å². The molecule has 0 fully saturated rings. The van der Waals surface area contributed by atoms with Crippen LogP contribution in [0.2, 0.25) is 0 Å². The highest BCUT2D eigenvalue weighted by molar-refractivity contribution is 7.91. The van der Waals surface area contributed by atoms with Gasteiger partial charge < -0.3 is 11.1 Å². The zero-order valence-corrected chi connectivity index (χ0v) is 12.5. The summed E-state index contributed by atoms with van der Waals surface area (Å²) in [5.74, 6) is 0.608. The van der Waals surface area contributed by atoms with Crippen LogP contribution in [0.5, 0.6) is 0 Å². The molecule has 0 aliphatic heterocycles. The average Bonchev–Trinajstić information content (AvgIpc) is 2.37. The van der Waals surface area contributed by atoms with Gasteiger partial charge in [0.15, 0.2) is 9.84 Å². The van der Waals surface area contributed by atoms with Crippen molar-refractivity contribution in [2.45, 2.75) is 31.6 Å². The topological polar surface area (TPSA) is 72.2 Å². The zero-order chi connectivity index (χ0) is 14.3. The van der Waals surface area contributed by atoms with E-state index >= 15 is 0 Å². The Labute approximate surface area is 116 Å². The van der Waals surface area contributed by atoms with Crippen LogP contribution in [0.4, 0.5) is 5.69 Å². The lowest BCUT2D eigenvalue weighted by Crippen LogP contribution is -2.17. The first kappa shape index (κ1) is 16.0. The Morgan fingerprint density at radius 3 is 2.63 bits per heavy atom. The summed E-state index contributed by atoms with van der Waals surface area (Å²) in [6.45, 7) is 5.36. The van der Waals surface area contributed by atoms with Crippen LogP contribution in [0.15, 0.2) is 29.2 Å². The number of benzene rings is 1. The van der Waals surface area contributed by atoms with E-state index in [1.54, 1.807) is 12.1 Å². The Balaban J connectivity index is 2.85. The molecular weight excluding hydrogens is 260 g/mol. The van der Waals surface area contributed by atoms with Gasteiger partial charge >= 0.3 is 0 Å². The number of rotatable bonds is 8. The molecule has 1 rings (SSSR count). The number of para-hydroxylation sites is 1. The summed E-state index contributed by atoms with van der Waals surface area (Å²) in [4.78, 5) is 0.400. The van der Waals surface area contributed by atoms with Gasteiger partial charge in [0.25, 0.3) is 0 Å². The molecule has 0 amide bonds. The molecule has 0 spiro atoms. The van der Waals surface area contributed by atoms with E-state index in [4.69, 9.17) is 5.73 Å². The minimum Gasteiger partial charge on any atom is -0.384 e. The standard InChI is InChI=1S/C14H24N2O2S/c1-3-10-19(17,18)14-7-5-4-6-13(14)16-11-12(2)8-9-15/h4-7,12,16H,3,8-11,15H2,1-2H3. The predicted molar refractivity (Wildman–Crippen MR) is 80.1 cm³/mol. The van der Waals surface area contributed by atoms with Gasteiger partial charge in [0, 0.05) is 6.54 Å². The molecule has 0 saturated heterocycles. The van der Waals surface area contributed by atoms with Crippen molar-refractivity contribution in [1.82, 2.24) is 0 Å². The molecule has 0 saturated carbocycles. The normalized spacial score (nSPS) is 13.2. The van der Waals surface area contributed by atoms with Gasteiger partial charge in [-0.2, -0.15) is 0 Å². The van der Waals surface area contributed by atoms with Crippen LogP contribution in [0.3, 0.4) is 0 Å². The number of sulfone groups is 1. The van der Waals surface area contributed by atoms with Crippen molar-refractivity contribution in [2.24, 2.45) is 11.7 Å². The van der Waals surface area contributed by atoms with Crippen molar-refractivity contribution in [3.63, 3.8) is 0 Å². The molecule has 1 aromatic rings. The first-order valence-electron chi connectivity index (χ1n) is 6.77. The molecule has 1 unspecified atom stereocenters. The van der Waals surface area contributed by atoms with E-state index in [1.165, 1.54) is 0 Å². The number of hydrogen-bond acceptors (Lipinski definition) is 4. The summed E-state index contributed by atoms with van der Waals surface area (Å²) in [5.41, 5.74) is 6.21. The largest absolute Gasteiger partial charge is 0.384 e. The van der Waals surface area contributed by atoms with E-state index in [1.807, 2.05) is 19.1 Å². The first-order valence-corrected chi connectivity index (χ1v) is 8.42. The first-order chi connectivity index (χ1) is 9.01. The highest BCUT2D eigenvalue weighted by Gasteiger charge is 2.17. The minimum absolute atomic E-state index is 0.185. The third kappa shape index (κ3) is 4.84. The Hall–Kier alpha value is -1.07. The van der Waals surface area contributed by atoms with Gasteiger partial charge in [0.05, 0.1) is 16.3 Å². The fourth-order valence-corrected chi connectivity index (χ4v) is 3.45. The molecule has 0 aliphatic carbocycles. The van der Waals surface area contributed by atoms with Crippen LogP contribution in [0, 0.1) is 5.92 Å². The lowest BCUT2D eigenvalue weighted by Gasteiger charge is -2.15. The van der Waals surface area contributed by atoms with Crippen LogP contribution in [0.1, 0.15) is 26.7 Å². The van der Waals surface area contributed by atoms with Gasteiger partial charge in [-0.05, 0) is 37.4 Å². The van der Waals surface area contributed by atoms with Crippen molar-refractivity contribution < 1.29 is 8.42 Å². The summed E-state index contributed by atoms with van der Waals surface area (Å²) in [6, 6.07) is 7.09. The number of hydrogen-bond donors (Lipinski definition) is 2. The Morgan fingerprint density at radius 2 is 2.00 bits per heavy atom. The van der Waals surface area contributed by atoms with Crippen LogP contribution < -0.4 is 11.1 Å². The summed E-state index contributed by atoms with van der Waals surface area (Å²) >= 11 is 0. The average molecular weight is 284 g/mol. The fraction of sp³-hybridized carbons (Fsp3) is 0.571. The molecule has 1 aromatic carbocycles. The SMILES string of the molecule is CCCS(=O)(=O)c1ccccc1NCC(C)CCN. The molecule has 19 heavy (non-hydrogen) atoms. The van der Waals surface area contributed by atoms with Crippen molar-refractivity contribution in [3.8, 4) is 0 Å². The Morgan fingerprint density at radius 1 is 1.32 bits per heavy atom. The second kappa shape index (κ2) is 7.50. The molecule has 0 bridgehead atoms. The third-order valence-electron chi connectivity index (χ3n) is 3.00. The molecule has 0 heterocycles. The Bertz CT molecular complexity index is 486. The Kier molecular flexibility index (Phi) is 6.31. The maximum atomic E-state index is 12.2. The fourth-order valence-electron chi connectivity index (χ4n) is 1.93. The van der Waals surface area contributed by atoms with Crippen molar-refractivity contribution in [1.29, 1.82) is 0 Å². The van der Waals surface area contributed by atoms with Gasteiger partial charge in [-0.3, -0.25) is 0 Å². The quantitative estimate of drug-likeness (QED) is 0.768. The smallest absolute Gasteiger partial charge is 0.180 e. The molecule has 0 aliphatic rings. The van der Waals surface area contributed by atoms with Gasteiger partial charge in [-0.1, -0.05) is 26.0 Å². The minimum atomic E-state index is -3.19. The predicted octanol–water partition coefficient (Wildman–Crippen LogP) is 2.27. The van der Waals surface area contributed by atoms with E-state index in [-0.39, 0.29) is 5.75 Å². The molecular formula is C14H24N2O2S. The van der Waals surface area contributed by atoms with E-state index in [9.17, 15) is 8.42 Å². The van der Waals surface area contributed by atoms with Crippen molar-refractivity contribution in [2.75, 3.05) is 24.2 Å². The third-order valence-corrected chi connectivity index (χ3v) is 4.97. The molecule has 3 N–H and O–H groups in total. The zero-order valence-electron chi connectivity index (χ0n) is 11.7. The number of nitrogens with two attached hydrogens (primary N) is 1. The summed E-state index contributed by atoms with van der Waals surface area (Å²) < 4.78 is 24.3. The molecule has 1 atom stereocenters. The highest BCUT2D eigenvalue weighted by Crippen LogP contribution is 2.23. The van der Waals surface area contributed by atoms with Gasteiger partial charge in [-0.25, -0.2) is 8.42 Å². The summed E-state index contributed by atoms with van der Waals surface area (Å²) in [6.07, 6.45) is 1.55. The summed E-state index contributed by atoms with van der Waals surface area (Å²) in [7, 11) is -3.19. The lowest BCUT2D eigenvalue weighted by molar-refractivity contribution is 0.567. The van der Waals surface area contributed by atoms with Gasteiger partial charge in [0.2, 0.25) is 0 Å². The molecule has 4 nitrogen and oxygen atoms in total. The molecule has 108 valence electrons. The lowest BCUT2D eigenvalue weighted by atomic mass is 10.1. The van der Waals surface area contributed by atoms with E-state index in [0.29, 0.717) is 29.5 Å². The second-order valence-electron chi connectivity index (χ2n) is 4.88. The van der Waals surface area contributed by atoms with E-state index in [0.717, 1.165) is 13.0 Å². The number of nitrogens with one attached hydrogen (secondary N) is 1. The van der Waals surface area contributed by atoms with Crippen molar-refractivity contribution in [3.05, 3.63) is 24.3 Å². The monoisotopic (exact) mass is 284 g/mol. The second-order valence-corrected chi connectivity index (χ2v) is 6.96. The van der Waals surface area contributed by atoms with Crippen LogP contribution in [-0.2, 0) is 9.84 Å². The molecule has 5 heteroatoms. The van der Waals surface area contributed by atoms with Crippen LogP contribution in [0.25, 0.3) is 0 Å². The van der Waals surface area contributed by atoms with E-state index < -0.39 is 9.84 Å². The maximum Gasteiger partial charge on any atom is 0.180 e. The highest BCUT2D eigenvalue weighted by atomic mass is 32.2. The number of anilines is 1. The van der Waals surface area contributed by atoms with Crippen LogP contribution >= 0.6 is 0 Å². The van der Waals surface area contributed by atoms with Gasteiger partial charge in [-0.15, -0.1) is 0 Å². The van der Waals surface area contributed by atoms with Crippen molar-refractivity contribution >= 4 is 15.5 Å². The molecule has 0 aromatic heterocycles. The summed E-state index contributed by atoms with van der Waals surface area (Å²) in [5, 5.41) is 3.23.